The number of carbonyl (C=O) groups is 3. The van der Waals surface area contributed by atoms with Crippen molar-refractivity contribution in [2.75, 3.05) is 24.3 Å². The van der Waals surface area contributed by atoms with E-state index in [9.17, 15) is 14.4 Å². The SMILES string of the molecule is COc1ccc(NC(C)=O)cc1NC(=O)[C@H]1CC(=O)N(C2CCCC2)C1. The minimum Gasteiger partial charge on any atom is -0.495 e. The summed E-state index contributed by atoms with van der Waals surface area (Å²) >= 11 is 0. The molecular formula is C19H25N3O4. The summed E-state index contributed by atoms with van der Waals surface area (Å²) in [6.45, 7) is 1.90. The van der Waals surface area contributed by atoms with Gasteiger partial charge in [-0.25, -0.2) is 0 Å². The van der Waals surface area contributed by atoms with Gasteiger partial charge in [-0.15, -0.1) is 0 Å². The Morgan fingerprint density at radius 2 is 1.92 bits per heavy atom. The molecule has 1 atom stereocenters. The number of likely N-dealkylation sites (tertiary alicyclic amines) is 1. The van der Waals surface area contributed by atoms with Crippen LogP contribution >= 0.6 is 0 Å². The maximum Gasteiger partial charge on any atom is 0.229 e. The van der Waals surface area contributed by atoms with Crippen molar-refractivity contribution in [3.63, 3.8) is 0 Å². The van der Waals surface area contributed by atoms with Crippen LogP contribution in [0.1, 0.15) is 39.0 Å². The van der Waals surface area contributed by atoms with Crippen molar-refractivity contribution in [2.24, 2.45) is 5.92 Å². The van der Waals surface area contributed by atoms with E-state index in [0.717, 1.165) is 25.7 Å². The smallest absolute Gasteiger partial charge is 0.229 e. The zero-order valence-corrected chi connectivity index (χ0v) is 15.2. The van der Waals surface area contributed by atoms with Gasteiger partial charge in [0.25, 0.3) is 0 Å². The lowest BCUT2D eigenvalue weighted by Gasteiger charge is -2.24. The highest BCUT2D eigenvalue weighted by Crippen LogP contribution is 2.32. The van der Waals surface area contributed by atoms with Gasteiger partial charge in [-0.05, 0) is 31.0 Å². The molecule has 2 N–H and O–H groups in total. The molecule has 1 heterocycles. The summed E-state index contributed by atoms with van der Waals surface area (Å²) in [6.07, 6.45) is 4.62. The summed E-state index contributed by atoms with van der Waals surface area (Å²) in [7, 11) is 1.52. The molecule has 140 valence electrons. The third-order valence-electron chi connectivity index (χ3n) is 5.07. The van der Waals surface area contributed by atoms with Crippen molar-refractivity contribution in [3.8, 4) is 5.75 Å². The number of nitrogens with zero attached hydrogens (tertiary/aromatic N) is 1. The number of ether oxygens (including phenoxy) is 1. The van der Waals surface area contributed by atoms with Crippen LogP contribution < -0.4 is 15.4 Å². The first kappa shape index (κ1) is 18.2. The van der Waals surface area contributed by atoms with Gasteiger partial charge < -0.3 is 20.3 Å². The normalized spacial score (nSPS) is 20.3. The standard InChI is InChI=1S/C19H25N3O4/c1-12(23)20-14-7-8-17(26-2)16(10-14)21-19(25)13-9-18(24)22(11-13)15-5-3-4-6-15/h7-8,10,13,15H,3-6,9,11H2,1-2H3,(H,20,23)(H,21,25)/t13-/m0/s1. The highest BCUT2D eigenvalue weighted by atomic mass is 16.5. The average molecular weight is 359 g/mol. The maximum absolute atomic E-state index is 12.7. The topological polar surface area (TPSA) is 87.7 Å². The van der Waals surface area contributed by atoms with Crippen molar-refractivity contribution in [1.29, 1.82) is 0 Å². The third-order valence-corrected chi connectivity index (χ3v) is 5.07. The first-order valence-electron chi connectivity index (χ1n) is 9.04. The van der Waals surface area contributed by atoms with Gasteiger partial charge in [-0.3, -0.25) is 14.4 Å². The molecule has 3 amide bonds. The molecule has 7 heteroatoms. The number of anilines is 2. The van der Waals surface area contributed by atoms with Crippen molar-refractivity contribution in [2.45, 2.75) is 45.1 Å². The van der Waals surface area contributed by atoms with Gasteiger partial charge in [-0.1, -0.05) is 12.8 Å². The van der Waals surface area contributed by atoms with Crippen molar-refractivity contribution in [1.82, 2.24) is 4.90 Å². The Morgan fingerprint density at radius 1 is 1.19 bits per heavy atom. The second kappa shape index (κ2) is 7.76. The van der Waals surface area contributed by atoms with Crippen LogP contribution in [0.25, 0.3) is 0 Å². The molecule has 1 aliphatic heterocycles. The fourth-order valence-electron chi connectivity index (χ4n) is 3.80. The highest BCUT2D eigenvalue weighted by molar-refractivity contribution is 5.99. The van der Waals surface area contributed by atoms with Crippen LogP contribution in [0.2, 0.25) is 0 Å². The maximum atomic E-state index is 12.7. The number of amides is 3. The Kier molecular flexibility index (Phi) is 5.44. The van der Waals surface area contributed by atoms with E-state index in [-0.39, 0.29) is 36.1 Å². The Hall–Kier alpha value is -2.57. The van der Waals surface area contributed by atoms with E-state index in [1.165, 1.54) is 14.0 Å². The molecule has 0 spiro atoms. The summed E-state index contributed by atoms with van der Waals surface area (Å²) in [5, 5.41) is 5.54. The van der Waals surface area contributed by atoms with Crippen LogP contribution in [0.5, 0.6) is 5.75 Å². The van der Waals surface area contributed by atoms with Crippen LogP contribution in [-0.4, -0.2) is 42.3 Å². The number of nitrogens with one attached hydrogen (secondary N) is 2. The average Bonchev–Trinajstić information content (AvgIpc) is 3.23. The predicted octanol–water partition coefficient (Wildman–Crippen LogP) is 2.38. The van der Waals surface area contributed by atoms with Gasteiger partial charge in [0.15, 0.2) is 0 Å². The fraction of sp³-hybridized carbons (Fsp3) is 0.526. The number of hydrogen-bond donors (Lipinski definition) is 2. The highest BCUT2D eigenvalue weighted by Gasteiger charge is 2.38. The molecule has 1 saturated carbocycles. The van der Waals surface area contributed by atoms with Crippen molar-refractivity contribution < 1.29 is 19.1 Å². The summed E-state index contributed by atoms with van der Waals surface area (Å²) in [5.74, 6) is -0.184. The number of rotatable bonds is 5. The second-order valence-corrected chi connectivity index (χ2v) is 6.97. The molecule has 1 saturated heterocycles. The molecule has 2 fully saturated rings. The molecule has 2 aliphatic rings. The molecule has 0 unspecified atom stereocenters. The van der Waals surface area contributed by atoms with Crippen molar-refractivity contribution in [3.05, 3.63) is 18.2 Å². The second-order valence-electron chi connectivity index (χ2n) is 6.97. The number of hydrogen-bond acceptors (Lipinski definition) is 4. The van der Waals surface area contributed by atoms with Gasteiger partial charge in [0.05, 0.1) is 18.7 Å². The zero-order valence-electron chi connectivity index (χ0n) is 15.2. The van der Waals surface area contributed by atoms with Crippen LogP contribution in [0.4, 0.5) is 11.4 Å². The summed E-state index contributed by atoms with van der Waals surface area (Å²) < 4.78 is 5.29. The first-order valence-corrected chi connectivity index (χ1v) is 9.04. The van der Waals surface area contributed by atoms with Crippen molar-refractivity contribution >= 4 is 29.1 Å². The Labute approximate surface area is 153 Å². The minimum absolute atomic E-state index is 0.0658. The lowest BCUT2D eigenvalue weighted by Crippen LogP contribution is -2.35. The summed E-state index contributed by atoms with van der Waals surface area (Å²) in [5.41, 5.74) is 1.05. The largest absolute Gasteiger partial charge is 0.495 e. The van der Waals surface area contributed by atoms with Gasteiger partial charge in [-0.2, -0.15) is 0 Å². The summed E-state index contributed by atoms with van der Waals surface area (Å²) in [4.78, 5) is 38.1. The first-order chi connectivity index (χ1) is 12.5. The molecular weight excluding hydrogens is 334 g/mol. The minimum atomic E-state index is -0.364. The van der Waals surface area contributed by atoms with E-state index >= 15 is 0 Å². The summed E-state index contributed by atoms with van der Waals surface area (Å²) in [6, 6.07) is 5.34. The van der Waals surface area contributed by atoms with Crippen LogP contribution in [0.3, 0.4) is 0 Å². The molecule has 26 heavy (non-hydrogen) atoms. The van der Waals surface area contributed by atoms with E-state index in [1.54, 1.807) is 18.2 Å². The molecule has 0 radical (unpaired) electrons. The molecule has 1 aliphatic carbocycles. The molecule has 1 aromatic carbocycles. The molecule has 0 bridgehead atoms. The van der Waals surface area contributed by atoms with Gasteiger partial charge in [0, 0.05) is 31.6 Å². The quantitative estimate of drug-likeness (QED) is 0.845. The van der Waals surface area contributed by atoms with Crippen LogP contribution in [0.15, 0.2) is 18.2 Å². The third kappa shape index (κ3) is 3.98. The molecule has 7 nitrogen and oxygen atoms in total. The van der Waals surface area contributed by atoms with Crippen LogP contribution in [0, 0.1) is 5.92 Å². The Balaban J connectivity index is 1.69. The van der Waals surface area contributed by atoms with E-state index in [1.807, 2.05) is 4.90 Å². The van der Waals surface area contributed by atoms with Gasteiger partial charge in [0.2, 0.25) is 17.7 Å². The molecule has 3 rings (SSSR count). The Bertz CT molecular complexity index is 713. The van der Waals surface area contributed by atoms with Gasteiger partial charge >= 0.3 is 0 Å². The lowest BCUT2D eigenvalue weighted by molar-refractivity contribution is -0.130. The predicted molar refractivity (Wildman–Crippen MR) is 98.0 cm³/mol. The monoisotopic (exact) mass is 359 g/mol. The number of methoxy groups -OCH3 is 1. The fourth-order valence-corrected chi connectivity index (χ4v) is 3.80. The molecule has 0 aromatic heterocycles. The van der Waals surface area contributed by atoms with Gasteiger partial charge in [0.1, 0.15) is 5.75 Å². The Morgan fingerprint density at radius 3 is 2.58 bits per heavy atom. The van der Waals surface area contributed by atoms with E-state index in [4.69, 9.17) is 4.74 Å². The van der Waals surface area contributed by atoms with E-state index in [0.29, 0.717) is 23.7 Å². The van der Waals surface area contributed by atoms with E-state index in [2.05, 4.69) is 10.6 Å². The lowest BCUT2D eigenvalue weighted by atomic mass is 10.1. The molecule has 1 aromatic rings. The zero-order chi connectivity index (χ0) is 18.7. The van der Waals surface area contributed by atoms with Crippen LogP contribution in [-0.2, 0) is 14.4 Å². The van der Waals surface area contributed by atoms with E-state index < -0.39 is 0 Å². The number of benzene rings is 1. The number of carbonyl (C=O) groups excluding carboxylic acids is 3.